The van der Waals surface area contributed by atoms with Crippen LogP contribution in [0.1, 0.15) is 31.4 Å². The lowest BCUT2D eigenvalue weighted by Crippen LogP contribution is -2.35. The average molecular weight is 249 g/mol. The Morgan fingerprint density at radius 1 is 1.50 bits per heavy atom. The fraction of sp³-hybridized carbons (Fsp3) is 0.500. The smallest absolute Gasteiger partial charge is 0.249 e. The van der Waals surface area contributed by atoms with E-state index in [-0.39, 0.29) is 18.1 Å². The van der Waals surface area contributed by atoms with Crippen molar-refractivity contribution >= 4 is 5.91 Å². The van der Waals surface area contributed by atoms with Crippen molar-refractivity contribution in [3.63, 3.8) is 0 Å². The highest BCUT2D eigenvalue weighted by Gasteiger charge is 2.25. The fourth-order valence-electron chi connectivity index (χ4n) is 2.19. The van der Waals surface area contributed by atoms with E-state index in [0.29, 0.717) is 6.61 Å². The van der Waals surface area contributed by atoms with Crippen LogP contribution in [0.5, 0.6) is 5.75 Å². The first-order chi connectivity index (χ1) is 8.72. The molecule has 18 heavy (non-hydrogen) atoms. The molecule has 0 aromatic heterocycles. The zero-order valence-electron chi connectivity index (χ0n) is 10.8. The number of hydrogen-bond donors (Lipinski definition) is 1. The predicted molar refractivity (Wildman–Crippen MR) is 68.5 cm³/mol. The molecule has 1 N–H and O–H groups in total. The van der Waals surface area contributed by atoms with Crippen molar-refractivity contribution in [1.29, 1.82) is 0 Å². The average Bonchev–Trinajstić information content (AvgIpc) is 2.92. The quantitative estimate of drug-likeness (QED) is 0.888. The van der Waals surface area contributed by atoms with Crippen LogP contribution in [-0.2, 0) is 9.53 Å². The Bertz CT molecular complexity index is 413. The Morgan fingerprint density at radius 3 is 2.94 bits per heavy atom. The summed E-state index contributed by atoms with van der Waals surface area (Å²) in [5, 5.41) is 2.97. The number of rotatable bonds is 4. The van der Waals surface area contributed by atoms with Crippen molar-refractivity contribution in [2.24, 2.45) is 0 Å². The molecule has 0 bridgehead atoms. The second-order valence-corrected chi connectivity index (χ2v) is 4.47. The number of para-hydroxylation sites is 1. The van der Waals surface area contributed by atoms with Gasteiger partial charge in [0.1, 0.15) is 11.9 Å². The molecule has 0 aliphatic carbocycles. The van der Waals surface area contributed by atoms with Gasteiger partial charge in [0, 0.05) is 12.2 Å². The lowest BCUT2D eigenvalue weighted by atomic mass is 10.1. The normalized spacial score (nSPS) is 20.4. The predicted octanol–water partition coefficient (Wildman–Crippen LogP) is 2.05. The first-order valence-corrected chi connectivity index (χ1v) is 6.27. The molecule has 4 nitrogen and oxygen atoms in total. The number of carbonyl (C=O) groups excluding carboxylic acids is 1. The second kappa shape index (κ2) is 5.87. The van der Waals surface area contributed by atoms with E-state index in [2.05, 4.69) is 5.32 Å². The van der Waals surface area contributed by atoms with E-state index < -0.39 is 0 Å². The van der Waals surface area contributed by atoms with Crippen LogP contribution in [0.3, 0.4) is 0 Å². The van der Waals surface area contributed by atoms with Gasteiger partial charge < -0.3 is 14.8 Å². The Labute approximate surface area is 107 Å². The Morgan fingerprint density at radius 2 is 2.28 bits per heavy atom. The van der Waals surface area contributed by atoms with Crippen molar-refractivity contribution in [2.75, 3.05) is 13.7 Å². The molecule has 2 rings (SSSR count). The van der Waals surface area contributed by atoms with Crippen LogP contribution in [0.25, 0.3) is 0 Å². The maximum atomic E-state index is 12.0. The highest BCUT2D eigenvalue weighted by atomic mass is 16.5. The number of carbonyl (C=O) groups is 1. The molecular formula is C14H19NO3. The maximum Gasteiger partial charge on any atom is 0.249 e. The molecule has 4 heteroatoms. The lowest BCUT2D eigenvalue weighted by molar-refractivity contribution is -0.130. The summed E-state index contributed by atoms with van der Waals surface area (Å²) in [6.07, 6.45) is 1.48. The molecule has 1 saturated heterocycles. The molecule has 1 aromatic rings. The number of hydrogen-bond acceptors (Lipinski definition) is 3. The van der Waals surface area contributed by atoms with Gasteiger partial charge in [-0.15, -0.1) is 0 Å². The molecule has 0 unspecified atom stereocenters. The van der Waals surface area contributed by atoms with Crippen molar-refractivity contribution < 1.29 is 14.3 Å². The summed E-state index contributed by atoms with van der Waals surface area (Å²) in [6, 6.07) is 7.62. The highest BCUT2D eigenvalue weighted by Crippen LogP contribution is 2.24. The number of ether oxygens (including phenoxy) is 2. The third kappa shape index (κ3) is 2.82. The zero-order valence-corrected chi connectivity index (χ0v) is 10.8. The van der Waals surface area contributed by atoms with Gasteiger partial charge in [0.25, 0.3) is 0 Å². The zero-order chi connectivity index (χ0) is 13.0. The van der Waals surface area contributed by atoms with E-state index in [1.54, 1.807) is 7.11 Å². The van der Waals surface area contributed by atoms with E-state index >= 15 is 0 Å². The van der Waals surface area contributed by atoms with E-state index in [9.17, 15) is 4.79 Å². The molecule has 1 amide bonds. The van der Waals surface area contributed by atoms with E-state index in [1.165, 1.54) is 0 Å². The van der Waals surface area contributed by atoms with Gasteiger partial charge in [-0.1, -0.05) is 18.2 Å². The maximum absolute atomic E-state index is 12.0. The third-order valence-electron chi connectivity index (χ3n) is 3.19. The summed E-state index contributed by atoms with van der Waals surface area (Å²) in [7, 11) is 1.63. The lowest BCUT2D eigenvalue weighted by Gasteiger charge is -2.19. The number of methoxy groups -OCH3 is 1. The van der Waals surface area contributed by atoms with E-state index in [4.69, 9.17) is 9.47 Å². The van der Waals surface area contributed by atoms with Crippen LogP contribution in [0.2, 0.25) is 0 Å². The topological polar surface area (TPSA) is 47.6 Å². The van der Waals surface area contributed by atoms with Crippen LogP contribution in [-0.4, -0.2) is 25.7 Å². The molecule has 1 aromatic carbocycles. The molecule has 0 saturated carbocycles. The molecular weight excluding hydrogens is 230 g/mol. The van der Waals surface area contributed by atoms with Crippen LogP contribution in [0, 0.1) is 0 Å². The Hall–Kier alpha value is -1.55. The van der Waals surface area contributed by atoms with Crippen LogP contribution >= 0.6 is 0 Å². The minimum absolute atomic E-state index is 0.0362. The van der Waals surface area contributed by atoms with E-state index in [0.717, 1.165) is 24.2 Å². The molecule has 2 atom stereocenters. The van der Waals surface area contributed by atoms with Crippen LogP contribution in [0.4, 0.5) is 0 Å². The van der Waals surface area contributed by atoms with Crippen molar-refractivity contribution in [1.82, 2.24) is 5.32 Å². The first-order valence-electron chi connectivity index (χ1n) is 6.27. The minimum Gasteiger partial charge on any atom is -0.496 e. The summed E-state index contributed by atoms with van der Waals surface area (Å²) >= 11 is 0. The van der Waals surface area contributed by atoms with Gasteiger partial charge in [0.15, 0.2) is 0 Å². The van der Waals surface area contributed by atoms with Crippen molar-refractivity contribution in [3.8, 4) is 5.75 Å². The van der Waals surface area contributed by atoms with Gasteiger partial charge in [-0.2, -0.15) is 0 Å². The van der Waals surface area contributed by atoms with E-state index in [1.807, 2.05) is 31.2 Å². The number of amides is 1. The van der Waals surface area contributed by atoms with Gasteiger partial charge in [0.2, 0.25) is 5.91 Å². The standard InChI is InChI=1S/C14H19NO3/c1-10(11-6-3-4-7-12(11)17-2)15-14(16)13-8-5-9-18-13/h3-4,6-7,10,13H,5,8-9H2,1-2H3,(H,15,16)/t10-,13+/m0/s1. The first kappa shape index (κ1) is 12.9. The molecule has 0 spiro atoms. The Kier molecular flexibility index (Phi) is 4.20. The number of benzene rings is 1. The third-order valence-corrected chi connectivity index (χ3v) is 3.19. The molecule has 1 aliphatic rings. The second-order valence-electron chi connectivity index (χ2n) is 4.47. The molecule has 98 valence electrons. The van der Waals surface area contributed by atoms with Gasteiger partial charge >= 0.3 is 0 Å². The van der Waals surface area contributed by atoms with Gasteiger partial charge in [-0.25, -0.2) is 0 Å². The highest BCUT2D eigenvalue weighted by molar-refractivity contribution is 5.81. The summed E-state index contributed by atoms with van der Waals surface area (Å²) < 4.78 is 10.7. The molecule has 1 fully saturated rings. The van der Waals surface area contributed by atoms with Gasteiger partial charge in [-0.3, -0.25) is 4.79 Å². The molecule has 1 aliphatic heterocycles. The summed E-state index contributed by atoms with van der Waals surface area (Å²) in [4.78, 5) is 12.0. The largest absolute Gasteiger partial charge is 0.496 e. The van der Waals surface area contributed by atoms with Gasteiger partial charge in [-0.05, 0) is 25.8 Å². The monoisotopic (exact) mass is 249 g/mol. The molecule has 0 radical (unpaired) electrons. The van der Waals surface area contributed by atoms with Crippen LogP contribution in [0.15, 0.2) is 24.3 Å². The fourth-order valence-corrected chi connectivity index (χ4v) is 2.19. The van der Waals surface area contributed by atoms with Crippen molar-refractivity contribution in [2.45, 2.75) is 31.9 Å². The SMILES string of the molecule is COc1ccccc1[C@H](C)NC(=O)[C@H]1CCCO1. The summed E-state index contributed by atoms with van der Waals surface area (Å²) in [6.45, 7) is 2.63. The van der Waals surface area contributed by atoms with Gasteiger partial charge in [0.05, 0.1) is 13.2 Å². The summed E-state index contributed by atoms with van der Waals surface area (Å²) in [5.74, 6) is 0.753. The summed E-state index contributed by atoms with van der Waals surface area (Å²) in [5.41, 5.74) is 0.978. The Balaban J connectivity index is 2.02. The van der Waals surface area contributed by atoms with Crippen molar-refractivity contribution in [3.05, 3.63) is 29.8 Å². The minimum atomic E-state index is -0.290. The molecule has 1 heterocycles. The number of nitrogens with one attached hydrogen (secondary N) is 1. The van der Waals surface area contributed by atoms with Crippen LogP contribution < -0.4 is 10.1 Å².